The molecule has 296 valence electrons. The van der Waals surface area contributed by atoms with Crippen molar-refractivity contribution in [1.82, 2.24) is 15.0 Å². The molecule has 10 aliphatic rings. The normalized spacial score (nSPS) is 35.0. The van der Waals surface area contributed by atoms with Crippen molar-refractivity contribution in [2.45, 2.75) is 100 Å². The van der Waals surface area contributed by atoms with Crippen molar-refractivity contribution in [3.05, 3.63) is 150 Å². The smallest absolute Gasteiger partial charge is 0.163 e. The Labute approximate surface area is 350 Å². The van der Waals surface area contributed by atoms with Crippen molar-refractivity contribution < 1.29 is 0 Å². The van der Waals surface area contributed by atoms with Gasteiger partial charge in [-0.05, 0) is 177 Å². The summed E-state index contributed by atoms with van der Waals surface area (Å²) in [6.45, 7) is 3.18. The fourth-order valence-corrected chi connectivity index (χ4v) is 15.8. The van der Waals surface area contributed by atoms with Gasteiger partial charge in [0.1, 0.15) is 11.6 Å². The number of fused-ring (bicyclic) bond motifs is 7. The van der Waals surface area contributed by atoms with Gasteiger partial charge >= 0.3 is 0 Å². The van der Waals surface area contributed by atoms with Gasteiger partial charge in [-0.15, -0.1) is 0 Å². The first kappa shape index (κ1) is 35.0. The van der Waals surface area contributed by atoms with E-state index in [1.807, 2.05) is 0 Å². The molecule has 0 saturated heterocycles. The monoisotopic (exact) mass is 772 g/mol. The summed E-state index contributed by atoms with van der Waals surface area (Å²) in [4.78, 5) is 19.4. The van der Waals surface area contributed by atoms with E-state index in [4.69, 9.17) is 15.0 Å². The van der Waals surface area contributed by atoms with Crippen molar-refractivity contribution in [3.63, 3.8) is 0 Å². The van der Waals surface area contributed by atoms with Gasteiger partial charge in [0, 0.05) is 34.3 Å². The van der Waals surface area contributed by atoms with Gasteiger partial charge in [-0.1, -0.05) is 98.0 Å². The average Bonchev–Trinajstić information content (AvgIpc) is 3.55. The second-order valence-electron chi connectivity index (χ2n) is 20.9. The summed E-state index contributed by atoms with van der Waals surface area (Å²) >= 11 is 0. The van der Waals surface area contributed by atoms with Crippen LogP contribution < -0.4 is 4.90 Å². The lowest BCUT2D eigenvalue weighted by atomic mass is 9.49. The Balaban J connectivity index is 0.932. The van der Waals surface area contributed by atoms with Crippen LogP contribution in [0.3, 0.4) is 0 Å². The summed E-state index contributed by atoms with van der Waals surface area (Å²) in [5.41, 5.74) is 10.4. The lowest BCUT2D eigenvalue weighted by Crippen LogP contribution is -2.51. The molecule has 8 bridgehead atoms. The number of para-hydroxylation sites is 1. The van der Waals surface area contributed by atoms with Crippen LogP contribution in [0.1, 0.15) is 112 Å². The molecule has 8 saturated carbocycles. The molecule has 0 N–H and O–H groups in total. The molecule has 1 aliphatic heterocycles. The Morgan fingerprint density at radius 2 is 0.983 bits per heavy atom. The number of allylic oxidation sites excluding steroid dienone is 3. The fraction of sp³-hybridized carbons (Fsp3) is 0.436. The van der Waals surface area contributed by atoms with Gasteiger partial charge in [0.05, 0.1) is 5.41 Å². The van der Waals surface area contributed by atoms with Crippen LogP contribution in [0, 0.1) is 41.4 Å². The lowest BCUT2D eigenvalue weighted by molar-refractivity contribution is -0.0155. The van der Waals surface area contributed by atoms with Gasteiger partial charge in [-0.25, -0.2) is 15.0 Å². The van der Waals surface area contributed by atoms with E-state index in [-0.39, 0.29) is 22.2 Å². The summed E-state index contributed by atoms with van der Waals surface area (Å²) < 4.78 is 0. The van der Waals surface area contributed by atoms with Crippen LogP contribution in [0.5, 0.6) is 0 Å². The predicted octanol–water partition coefficient (Wildman–Crippen LogP) is 12.7. The van der Waals surface area contributed by atoms with E-state index >= 15 is 0 Å². The van der Waals surface area contributed by atoms with Gasteiger partial charge in [-0.3, -0.25) is 0 Å². The Hall–Kier alpha value is -4.83. The predicted molar refractivity (Wildman–Crippen MR) is 238 cm³/mol. The molecule has 2 heterocycles. The van der Waals surface area contributed by atoms with E-state index in [1.165, 1.54) is 116 Å². The minimum absolute atomic E-state index is 0.139. The summed E-state index contributed by atoms with van der Waals surface area (Å²) in [6.07, 6.45) is 25.6. The van der Waals surface area contributed by atoms with Crippen molar-refractivity contribution in [2.24, 2.45) is 41.4 Å². The molecular formula is C55H56N4. The molecule has 1 aromatic heterocycles. The maximum atomic E-state index is 5.72. The van der Waals surface area contributed by atoms with Crippen LogP contribution in [0.4, 0.5) is 11.4 Å². The highest BCUT2D eigenvalue weighted by Crippen LogP contribution is 2.63. The number of nitrogens with zero attached hydrogens (tertiary/aromatic N) is 4. The summed E-state index contributed by atoms with van der Waals surface area (Å²) in [5, 5.41) is 0. The number of hydrogen-bond acceptors (Lipinski definition) is 4. The fourth-order valence-electron chi connectivity index (χ4n) is 15.8. The Kier molecular flexibility index (Phi) is 7.61. The highest BCUT2D eigenvalue weighted by Gasteiger charge is 2.56. The zero-order valence-corrected chi connectivity index (χ0v) is 34.6. The maximum absolute atomic E-state index is 5.72. The summed E-state index contributed by atoms with van der Waals surface area (Å²) in [5.74, 6) is 8.61. The molecule has 9 aliphatic carbocycles. The van der Waals surface area contributed by atoms with E-state index in [0.717, 1.165) is 65.1 Å². The molecule has 0 radical (unpaired) electrons. The van der Waals surface area contributed by atoms with Crippen molar-refractivity contribution in [3.8, 4) is 22.5 Å². The maximum Gasteiger partial charge on any atom is 0.163 e. The van der Waals surface area contributed by atoms with Crippen molar-refractivity contribution >= 4 is 11.4 Å². The Morgan fingerprint density at radius 3 is 1.51 bits per heavy atom. The van der Waals surface area contributed by atoms with Gasteiger partial charge in [0.2, 0.25) is 0 Å². The highest BCUT2D eigenvalue weighted by atomic mass is 15.1. The molecule has 1 unspecified atom stereocenters. The van der Waals surface area contributed by atoms with Crippen molar-refractivity contribution in [2.75, 3.05) is 11.4 Å². The molecule has 4 heteroatoms. The van der Waals surface area contributed by atoms with Gasteiger partial charge in [0.25, 0.3) is 0 Å². The number of rotatable bonds is 4. The van der Waals surface area contributed by atoms with E-state index in [2.05, 4.69) is 133 Å². The zero-order chi connectivity index (χ0) is 38.9. The van der Waals surface area contributed by atoms with Crippen LogP contribution in [0.2, 0.25) is 0 Å². The van der Waals surface area contributed by atoms with Crippen molar-refractivity contribution in [1.29, 1.82) is 0 Å². The number of benzene rings is 4. The van der Waals surface area contributed by atoms with Gasteiger partial charge < -0.3 is 4.90 Å². The third-order valence-electron chi connectivity index (χ3n) is 17.3. The first-order valence-electron chi connectivity index (χ1n) is 23.2. The zero-order valence-electron chi connectivity index (χ0n) is 34.6. The lowest BCUT2D eigenvalue weighted by Gasteiger charge is -2.57. The van der Waals surface area contributed by atoms with E-state index in [0.29, 0.717) is 0 Å². The molecule has 5 aromatic rings. The second kappa shape index (κ2) is 12.8. The summed E-state index contributed by atoms with van der Waals surface area (Å²) in [7, 11) is 0. The highest BCUT2D eigenvalue weighted by molar-refractivity contribution is 5.86. The first-order chi connectivity index (χ1) is 29.0. The average molecular weight is 773 g/mol. The topological polar surface area (TPSA) is 41.9 Å². The number of hydrogen-bond donors (Lipinski definition) is 0. The van der Waals surface area contributed by atoms with E-state index in [9.17, 15) is 0 Å². The molecule has 1 spiro atoms. The van der Waals surface area contributed by atoms with Crippen LogP contribution in [-0.2, 0) is 16.2 Å². The standard InChI is InChI=1S/C55H56N4/c1-35-11-3-2-10-22-59(49-17-9-8-16-48(49)55(35)46-14-6-4-12-44(46)45-13-5-7-15-47(45)55)43-20-18-42(19-21-43)50-56-51(53-29-36-23-37(30-53)25-38(24-36)31-53)58-52(57-50)54-32-39-26-40(33-54)28-41(27-39)34-54/h2-21,35-41H,22-34H2,1H3/b10-2-,11-3-. The molecule has 59 heavy (non-hydrogen) atoms. The van der Waals surface area contributed by atoms with Crippen LogP contribution in [-0.4, -0.2) is 21.5 Å². The molecule has 1 atom stereocenters. The molecule has 4 aromatic carbocycles. The van der Waals surface area contributed by atoms with Crippen LogP contribution >= 0.6 is 0 Å². The quantitative estimate of drug-likeness (QED) is 0.182. The van der Waals surface area contributed by atoms with E-state index in [1.54, 1.807) is 0 Å². The van der Waals surface area contributed by atoms with E-state index < -0.39 is 0 Å². The molecular weight excluding hydrogens is 717 g/mol. The first-order valence-corrected chi connectivity index (χ1v) is 23.2. The Bertz CT molecular complexity index is 2360. The van der Waals surface area contributed by atoms with Gasteiger partial charge in [0.15, 0.2) is 5.82 Å². The SMILES string of the molecule is CC1/C=C\C=C/CN(c2ccc(-c3nc(C45CC6CC(CC(C6)C4)C5)nc(C45CC6CC(CC(C6)C4)C5)n3)cc2)c2ccccc2C12c1ccccc1-c1ccccc12. The third kappa shape index (κ3) is 5.17. The van der Waals surface area contributed by atoms with Gasteiger partial charge in [-0.2, -0.15) is 0 Å². The van der Waals surface area contributed by atoms with Crippen LogP contribution in [0.15, 0.2) is 121 Å². The molecule has 0 amide bonds. The largest absolute Gasteiger partial charge is 0.337 e. The van der Waals surface area contributed by atoms with Crippen LogP contribution in [0.25, 0.3) is 22.5 Å². The molecule has 8 fully saturated rings. The number of anilines is 2. The second-order valence-corrected chi connectivity index (χ2v) is 20.9. The molecule has 4 nitrogen and oxygen atoms in total. The summed E-state index contributed by atoms with van der Waals surface area (Å²) in [6, 6.07) is 36.8. The minimum Gasteiger partial charge on any atom is -0.337 e. The Morgan fingerprint density at radius 1 is 0.508 bits per heavy atom. The minimum atomic E-state index is -0.337. The number of aromatic nitrogens is 3. The molecule has 15 rings (SSSR count). The third-order valence-corrected chi connectivity index (χ3v) is 17.3.